The Bertz CT molecular complexity index is 1790. The average molecular weight is 602 g/mol. The smallest absolute Gasteiger partial charge is 0.332 e. The molecule has 14 heteroatoms. The summed E-state index contributed by atoms with van der Waals surface area (Å²) in [4.78, 5) is 42.5. The lowest BCUT2D eigenvalue weighted by atomic mass is 10.1. The Labute approximate surface area is 239 Å². The number of ether oxygens (including phenoxy) is 1. The van der Waals surface area contributed by atoms with Crippen LogP contribution >= 0.6 is 11.6 Å². The summed E-state index contributed by atoms with van der Waals surface area (Å²) in [6, 6.07) is 18.6. The summed E-state index contributed by atoms with van der Waals surface area (Å²) >= 11 is 6.00. The predicted molar refractivity (Wildman–Crippen MR) is 152 cm³/mol. The maximum absolute atomic E-state index is 13.6. The van der Waals surface area contributed by atoms with Crippen LogP contribution in [0.1, 0.15) is 12.5 Å². The Balaban J connectivity index is 1.65. The van der Waals surface area contributed by atoms with Gasteiger partial charge in [-0.25, -0.2) is 13.2 Å². The number of anilines is 2. The molecule has 0 spiro atoms. The molecular formula is C27H25ClFN5O6S. The molecule has 0 unspecified atom stereocenters. The van der Waals surface area contributed by atoms with E-state index in [2.05, 4.69) is 10.3 Å². The quantitative estimate of drug-likeness (QED) is 0.263. The van der Waals surface area contributed by atoms with Crippen molar-refractivity contribution in [3.63, 3.8) is 0 Å². The van der Waals surface area contributed by atoms with Gasteiger partial charge in [-0.05, 0) is 48.0 Å². The van der Waals surface area contributed by atoms with Crippen LogP contribution in [0, 0.1) is 11.9 Å². The third-order valence-electron chi connectivity index (χ3n) is 5.76. The average Bonchev–Trinajstić information content (AvgIpc) is 2.90. The molecule has 1 atom stereocenters. The molecule has 1 amide bonds. The zero-order chi connectivity index (χ0) is 29.7. The first-order valence-electron chi connectivity index (χ1n) is 12.2. The van der Waals surface area contributed by atoms with E-state index >= 15 is 0 Å². The number of carbonyl (C=O) groups excluding carboxylic acids is 1. The maximum Gasteiger partial charge on any atom is 0.332 e. The van der Waals surface area contributed by atoms with Crippen LogP contribution in [0.5, 0.6) is 11.6 Å². The standard InChI is InChI=1S/C27H25ClFN5O6S/c1-17(26(36)32-41(2,38)39)15-34-25(35)14-23(33(27(34)37)16-18-6-8-19(28)9-7-18)30-20-10-12-21(13-11-20)40-24-5-3-4-22(29)31-24/h3-14,17,30H,15-16H2,1-2H3,(H,32,36)/t17-/m0/s1. The van der Waals surface area contributed by atoms with E-state index in [0.29, 0.717) is 22.0 Å². The molecule has 0 aliphatic carbocycles. The van der Waals surface area contributed by atoms with Gasteiger partial charge >= 0.3 is 5.69 Å². The molecule has 2 aromatic carbocycles. The molecule has 0 saturated carbocycles. The number of nitrogens with zero attached hydrogens (tertiary/aromatic N) is 3. The molecule has 2 aromatic heterocycles. The highest BCUT2D eigenvalue weighted by Gasteiger charge is 2.21. The van der Waals surface area contributed by atoms with Crippen LogP contribution in [0.2, 0.25) is 5.02 Å². The third kappa shape index (κ3) is 8.02. The van der Waals surface area contributed by atoms with Crippen LogP contribution in [0.4, 0.5) is 15.9 Å². The number of carbonyl (C=O) groups is 1. The summed E-state index contributed by atoms with van der Waals surface area (Å²) in [5, 5.41) is 3.56. The second kappa shape index (κ2) is 12.4. The molecule has 11 nitrogen and oxygen atoms in total. The number of halogens is 2. The SMILES string of the molecule is C[C@@H](Cn1c(=O)cc(Nc2ccc(Oc3cccc(F)n3)cc2)n(Cc2ccc(Cl)cc2)c1=O)C(=O)NS(C)(=O)=O. The molecular weight excluding hydrogens is 577 g/mol. The summed E-state index contributed by atoms with van der Waals surface area (Å²) in [5.74, 6) is -1.91. The van der Waals surface area contributed by atoms with Gasteiger partial charge in [-0.3, -0.25) is 23.4 Å². The molecule has 0 aliphatic rings. The van der Waals surface area contributed by atoms with Crippen molar-refractivity contribution < 1.29 is 22.3 Å². The molecule has 0 aliphatic heterocycles. The van der Waals surface area contributed by atoms with Crippen molar-refractivity contribution in [3.8, 4) is 11.6 Å². The van der Waals surface area contributed by atoms with Crippen molar-refractivity contribution in [2.75, 3.05) is 11.6 Å². The largest absolute Gasteiger partial charge is 0.439 e. The van der Waals surface area contributed by atoms with Crippen LogP contribution in [-0.2, 0) is 27.9 Å². The summed E-state index contributed by atoms with van der Waals surface area (Å²) in [6.07, 6.45) is 0.834. The van der Waals surface area contributed by atoms with Crippen LogP contribution in [0.15, 0.2) is 82.4 Å². The van der Waals surface area contributed by atoms with Crippen molar-refractivity contribution in [1.29, 1.82) is 0 Å². The van der Waals surface area contributed by atoms with Gasteiger partial charge in [0.2, 0.25) is 27.8 Å². The van der Waals surface area contributed by atoms with E-state index in [9.17, 15) is 27.2 Å². The van der Waals surface area contributed by atoms with Gasteiger partial charge in [0.1, 0.15) is 11.6 Å². The third-order valence-corrected chi connectivity index (χ3v) is 6.59. The summed E-state index contributed by atoms with van der Waals surface area (Å²) in [5.41, 5.74) is -0.196. The number of aromatic nitrogens is 3. The number of hydrogen-bond donors (Lipinski definition) is 2. The summed E-state index contributed by atoms with van der Waals surface area (Å²) in [7, 11) is -3.82. The molecule has 41 heavy (non-hydrogen) atoms. The van der Waals surface area contributed by atoms with Gasteiger partial charge in [-0.15, -0.1) is 0 Å². The molecule has 2 N–H and O–H groups in total. The minimum absolute atomic E-state index is 0.0506. The molecule has 4 rings (SSSR count). The molecule has 2 heterocycles. The first kappa shape index (κ1) is 29.5. The van der Waals surface area contributed by atoms with Gasteiger partial charge < -0.3 is 10.1 Å². The van der Waals surface area contributed by atoms with Crippen molar-refractivity contribution in [2.24, 2.45) is 5.92 Å². The minimum Gasteiger partial charge on any atom is -0.439 e. The first-order valence-corrected chi connectivity index (χ1v) is 14.4. The highest BCUT2D eigenvalue weighted by Crippen LogP contribution is 2.23. The van der Waals surface area contributed by atoms with E-state index in [1.54, 1.807) is 48.5 Å². The molecule has 0 saturated heterocycles. The zero-order valence-electron chi connectivity index (χ0n) is 21.9. The number of hydrogen-bond acceptors (Lipinski definition) is 8. The Kier molecular flexibility index (Phi) is 8.89. The number of benzene rings is 2. The topological polar surface area (TPSA) is 141 Å². The van der Waals surface area contributed by atoms with Crippen LogP contribution in [0.3, 0.4) is 0 Å². The van der Waals surface area contributed by atoms with E-state index < -0.39 is 39.0 Å². The van der Waals surface area contributed by atoms with Crippen molar-refractivity contribution >= 4 is 39.0 Å². The number of sulfonamides is 1. The van der Waals surface area contributed by atoms with Gasteiger partial charge in [0.15, 0.2) is 0 Å². The Morgan fingerprint density at radius 1 is 1.05 bits per heavy atom. The highest BCUT2D eigenvalue weighted by molar-refractivity contribution is 7.89. The normalized spacial score (nSPS) is 12.0. The van der Waals surface area contributed by atoms with E-state index in [1.165, 1.54) is 35.8 Å². The first-order chi connectivity index (χ1) is 19.4. The lowest BCUT2D eigenvalue weighted by Gasteiger charge is -2.18. The number of pyridine rings is 1. The monoisotopic (exact) mass is 601 g/mol. The van der Waals surface area contributed by atoms with Gasteiger partial charge in [0.25, 0.3) is 5.56 Å². The number of rotatable bonds is 10. The van der Waals surface area contributed by atoms with E-state index in [4.69, 9.17) is 16.3 Å². The van der Waals surface area contributed by atoms with Crippen LogP contribution in [0.25, 0.3) is 0 Å². The van der Waals surface area contributed by atoms with Gasteiger partial charge in [0.05, 0.1) is 18.7 Å². The molecule has 4 aromatic rings. The molecule has 0 bridgehead atoms. The number of amides is 1. The Morgan fingerprint density at radius 2 is 1.73 bits per heavy atom. The van der Waals surface area contributed by atoms with Crippen molar-refractivity contribution in [1.82, 2.24) is 18.8 Å². The predicted octanol–water partition coefficient (Wildman–Crippen LogP) is 3.49. The Morgan fingerprint density at radius 3 is 2.37 bits per heavy atom. The van der Waals surface area contributed by atoms with Gasteiger partial charge in [-0.2, -0.15) is 9.37 Å². The van der Waals surface area contributed by atoms with E-state index in [-0.39, 0.29) is 24.8 Å². The fourth-order valence-corrected chi connectivity index (χ4v) is 4.47. The van der Waals surface area contributed by atoms with Crippen LogP contribution in [-0.4, -0.2) is 34.7 Å². The van der Waals surface area contributed by atoms with Gasteiger partial charge in [0, 0.05) is 29.4 Å². The van der Waals surface area contributed by atoms with E-state index in [0.717, 1.165) is 10.8 Å². The molecule has 0 fully saturated rings. The van der Waals surface area contributed by atoms with Crippen molar-refractivity contribution in [2.45, 2.75) is 20.0 Å². The van der Waals surface area contributed by atoms with Crippen LogP contribution < -0.4 is 26.0 Å². The zero-order valence-corrected chi connectivity index (χ0v) is 23.4. The van der Waals surface area contributed by atoms with E-state index in [1.807, 2.05) is 4.72 Å². The molecule has 214 valence electrons. The van der Waals surface area contributed by atoms with Crippen molar-refractivity contribution in [3.05, 3.63) is 110 Å². The lowest BCUT2D eigenvalue weighted by molar-refractivity contribution is -0.123. The summed E-state index contributed by atoms with van der Waals surface area (Å²) in [6.45, 7) is 1.11. The lowest BCUT2D eigenvalue weighted by Crippen LogP contribution is -2.44. The highest BCUT2D eigenvalue weighted by atomic mass is 35.5. The fraction of sp³-hybridized carbons (Fsp3) is 0.185. The summed E-state index contributed by atoms with van der Waals surface area (Å²) < 4.78 is 45.8. The second-order valence-corrected chi connectivity index (χ2v) is 11.3. The number of nitrogens with one attached hydrogen (secondary N) is 2. The maximum atomic E-state index is 13.6. The Hall–Kier alpha value is -4.49. The fourth-order valence-electron chi connectivity index (χ4n) is 3.77. The minimum atomic E-state index is -3.82. The second-order valence-electron chi connectivity index (χ2n) is 9.16. The van der Waals surface area contributed by atoms with Gasteiger partial charge in [-0.1, -0.05) is 36.7 Å². The molecule has 0 radical (unpaired) electrons.